The minimum absolute atomic E-state index is 0.0167. The summed E-state index contributed by atoms with van der Waals surface area (Å²) in [5.74, 6) is -1.20. The fraction of sp³-hybridized carbons (Fsp3) is 0.125. The van der Waals surface area contributed by atoms with E-state index in [0.717, 1.165) is 21.5 Å². The van der Waals surface area contributed by atoms with Gasteiger partial charge in [-0.25, -0.2) is 9.18 Å². The van der Waals surface area contributed by atoms with Crippen LogP contribution in [-0.4, -0.2) is 24.9 Å². The number of nitrogens with zero attached hydrogens (tertiary/aromatic N) is 4. The van der Waals surface area contributed by atoms with Crippen LogP contribution in [0.5, 0.6) is 5.75 Å². The lowest BCUT2D eigenvalue weighted by molar-refractivity contribution is 0.463. The second-order valence-electron chi connectivity index (χ2n) is 3.16. The van der Waals surface area contributed by atoms with Crippen LogP contribution in [0.1, 0.15) is 0 Å². The number of anilines is 1. The van der Waals surface area contributed by atoms with Crippen molar-refractivity contribution in [1.82, 2.24) is 19.8 Å². The number of halogens is 1. The molecule has 2 rings (SSSR count). The van der Waals surface area contributed by atoms with Crippen LogP contribution >= 0.6 is 0 Å². The number of phenols is 1. The molecule has 1 aromatic heterocycles. The van der Waals surface area contributed by atoms with Crippen molar-refractivity contribution >= 4 is 5.69 Å². The second-order valence-corrected chi connectivity index (χ2v) is 3.16. The number of hydrogen-bond donors (Lipinski definition) is 2. The monoisotopic (exact) mass is 225 g/mol. The van der Waals surface area contributed by atoms with Crippen molar-refractivity contribution < 1.29 is 9.50 Å². The molecule has 0 saturated carbocycles. The van der Waals surface area contributed by atoms with E-state index in [2.05, 4.69) is 10.4 Å². The quantitative estimate of drug-likeness (QED) is 0.498. The van der Waals surface area contributed by atoms with Crippen LogP contribution in [0.2, 0.25) is 0 Å². The molecule has 0 saturated heterocycles. The standard InChI is InChI=1S/C8H8FN5O2/c1-13-8(16)14(12-11-13)6-3-5(10)4(9)2-7(6)15/h2-3,15H,10H2,1H3. The van der Waals surface area contributed by atoms with Crippen LogP contribution in [-0.2, 0) is 7.05 Å². The number of aromatic nitrogens is 4. The molecule has 0 unspecified atom stereocenters. The van der Waals surface area contributed by atoms with Gasteiger partial charge in [-0.3, -0.25) is 0 Å². The number of benzene rings is 1. The van der Waals surface area contributed by atoms with Gasteiger partial charge in [0.25, 0.3) is 0 Å². The first-order valence-corrected chi connectivity index (χ1v) is 4.28. The molecule has 0 radical (unpaired) electrons. The van der Waals surface area contributed by atoms with E-state index in [1.807, 2.05) is 0 Å². The van der Waals surface area contributed by atoms with Crippen LogP contribution < -0.4 is 11.4 Å². The molecule has 0 aliphatic carbocycles. The Morgan fingerprint density at radius 2 is 2.12 bits per heavy atom. The molecular weight excluding hydrogens is 217 g/mol. The summed E-state index contributed by atoms with van der Waals surface area (Å²) >= 11 is 0. The topological polar surface area (TPSA) is 99.0 Å². The molecule has 16 heavy (non-hydrogen) atoms. The van der Waals surface area contributed by atoms with Gasteiger partial charge in [0.15, 0.2) is 0 Å². The molecule has 0 aliphatic heterocycles. The summed E-state index contributed by atoms with van der Waals surface area (Å²) in [6.07, 6.45) is 0. The summed E-state index contributed by atoms with van der Waals surface area (Å²) in [6, 6.07) is 1.92. The molecule has 0 bridgehead atoms. The molecule has 0 spiro atoms. The van der Waals surface area contributed by atoms with Crippen molar-refractivity contribution in [2.45, 2.75) is 0 Å². The van der Waals surface area contributed by atoms with Crippen LogP contribution in [0.4, 0.5) is 10.1 Å². The third kappa shape index (κ3) is 1.40. The highest BCUT2D eigenvalue weighted by atomic mass is 19.1. The molecule has 1 aromatic carbocycles. The van der Waals surface area contributed by atoms with Crippen LogP contribution in [0.25, 0.3) is 5.69 Å². The van der Waals surface area contributed by atoms with E-state index in [4.69, 9.17) is 5.73 Å². The van der Waals surface area contributed by atoms with E-state index in [1.165, 1.54) is 7.05 Å². The first kappa shape index (κ1) is 10.1. The average molecular weight is 225 g/mol. The van der Waals surface area contributed by atoms with Crippen molar-refractivity contribution in [3.05, 3.63) is 28.4 Å². The third-order valence-electron chi connectivity index (χ3n) is 2.04. The minimum Gasteiger partial charge on any atom is -0.506 e. The van der Waals surface area contributed by atoms with Crippen molar-refractivity contribution in [2.75, 3.05) is 5.73 Å². The predicted molar refractivity (Wildman–Crippen MR) is 52.6 cm³/mol. The smallest absolute Gasteiger partial charge is 0.368 e. The van der Waals surface area contributed by atoms with E-state index < -0.39 is 17.3 Å². The van der Waals surface area contributed by atoms with Gasteiger partial charge in [0, 0.05) is 13.1 Å². The zero-order chi connectivity index (χ0) is 11.9. The zero-order valence-corrected chi connectivity index (χ0v) is 8.25. The Morgan fingerprint density at radius 3 is 2.69 bits per heavy atom. The summed E-state index contributed by atoms with van der Waals surface area (Å²) in [5.41, 5.74) is 4.55. The van der Waals surface area contributed by atoms with Crippen LogP contribution in [0, 0.1) is 5.82 Å². The SMILES string of the molecule is Cn1nnn(-c2cc(N)c(F)cc2O)c1=O. The highest BCUT2D eigenvalue weighted by Crippen LogP contribution is 2.24. The second kappa shape index (κ2) is 3.33. The van der Waals surface area contributed by atoms with Crippen molar-refractivity contribution in [1.29, 1.82) is 0 Å². The number of hydrogen-bond acceptors (Lipinski definition) is 5. The molecule has 3 N–H and O–H groups in total. The highest BCUT2D eigenvalue weighted by Gasteiger charge is 2.13. The molecule has 0 amide bonds. The Hall–Kier alpha value is -2.38. The Morgan fingerprint density at radius 1 is 1.44 bits per heavy atom. The fourth-order valence-electron chi connectivity index (χ4n) is 1.20. The molecule has 0 aliphatic rings. The molecule has 0 fully saturated rings. The number of nitrogens with two attached hydrogens (primary N) is 1. The van der Waals surface area contributed by atoms with Gasteiger partial charge in [-0.15, -0.1) is 0 Å². The Balaban J connectivity index is 2.70. The molecule has 1 heterocycles. The number of rotatable bonds is 1. The summed E-state index contributed by atoms with van der Waals surface area (Å²) in [7, 11) is 1.40. The fourth-order valence-corrected chi connectivity index (χ4v) is 1.20. The number of aromatic hydroxyl groups is 1. The molecule has 8 heteroatoms. The van der Waals surface area contributed by atoms with E-state index in [1.54, 1.807) is 0 Å². The van der Waals surface area contributed by atoms with Gasteiger partial charge >= 0.3 is 5.69 Å². The van der Waals surface area contributed by atoms with Crippen molar-refractivity contribution in [3.8, 4) is 11.4 Å². The summed E-state index contributed by atoms with van der Waals surface area (Å²) in [4.78, 5) is 11.5. The first-order valence-electron chi connectivity index (χ1n) is 4.28. The summed E-state index contributed by atoms with van der Waals surface area (Å²) in [5, 5.41) is 16.4. The number of tetrazole rings is 1. The lowest BCUT2D eigenvalue weighted by Gasteiger charge is -2.04. The maximum Gasteiger partial charge on any atom is 0.368 e. The van der Waals surface area contributed by atoms with Crippen LogP contribution in [0.3, 0.4) is 0 Å². The summed E-state index contributed by atoms with van der Waals surface area (Å²) in [6.45, 7) is 0. The molecule has 7 nitrogen and oxygen atoms in total. The molecule has 0 atom stereocenters. The van der Waals surface area contributed by atoms with Crippen molar-refractivity contribution in [2.24, 2.45) is 7.05 Å². The predicted octanol–water partition coefficient (Wildman–Crippen LogP) is -0.607. The van der Waals surface area contributed by atoms with E-state index in [0.29, 0.717) is 0 Å². The van der Waals surface area contributed by atoms with E-state index in [-0.39, 0.29) is 11.4 Å². The number of nitrogen functional groups attached to an aromatic ring is 1. The van der Waals surface area contributed by atoms with Gasteiger partial charge in [0.1, 0.15) is 17.3 Å². The Labute approximate surface area is 88.5 Å². The Bertz CT molecular complexity index is 603. The Kier molecular flexibility index (Phi) is 2.11. The van der Waals surface area contributed by atoms with Gasteiger partial charge in [-0.05, 0) is 16.5 Å². The normalized spacial score (nSPS) is 10.6. The third-order valence-corrected chi connectivity index (χ3v) is 2.04. The van der Waals surface area contributed by atoms with E-state index in [9.17, 15) is 14.3 Å². The molecule has 2 aromatic rings. The summed E-state index contributed by atoms with van der Waals surface area (Å²) < 4.78 is 14.8. The number of phenolic OH excluding ortho intramolecular Hbond substituents is 1. The lowest BCUT2D eigenvalue weighted by Crippen LogP contribution is -2.22. The van der Waals surface area contributed by atoms with Gasteiger partial charge < -0.3 is 10.8 Å². The lowest BCUT2D eigenvalue weighted by atomic mass is 10.2. The zero-order valence-electron chi connectivity index (χ0n) is 8.25. The van der Waals surface area contributed by atoms with Crippen LogP contribution in [0.15, 0.2) is 16.9 Å². The minimum atomic E-state index is -0.766. The number of aryl methyl sites for hydroxylation is 1. The largest absolute Gasteiger partial charge is 0.506 e. The molecular formula is C8H8FN5O2. The van der Waals surface area contributed by atoms with E-state index >= 15 is 0 Å². The molecule has 84 valence electrons. The van der Waals surface area contributed by atoms with Gasteiger partial charge in [-0.2, -0.15) is 9.36 Å². The maximum absolute atomic E-state index is 13.0. The first-order chi connectivity index (χ1) is 7.50. The van der Waals surface area contributed by atoms with Gasteiger partial charge in [0.05, 0.1) is 5.69 Å². The van der Waals surface area contributed by atoms with Gasteiger partial charge in [0.2, 0.25) is 0 Å². The highest BCUT2D eigenvalue weighted by molar-refractivity contribution is 5.56. The van der Waals surface area contributed by atoms with Gasteiger partial charge in [-0.1, -0.05) is 0 Å². The van der Waals surface area contributed by atoms with Crippen molar-refractivity contribution in [3.63, 3.8) is 0 Å². The average Bonchev–Trinajstić information content (AvgIpc) is 2.54. The maximum atomic E-state index is 13.0.